The summed E-state index contributed by atoms with van der Waals surface area (Å²) in [7, 11) is 0. The third kappa shape index (κ3) is 9.07. The van der Waals surface area contributed by atoms with E-state index in [1.165, 1.54) is 0 Å². The van der Waals surface area contributed by atoms with Crippen LogP contribution in [0.5, 0.6) is 0 Å². The van der Waals surface area contributed by atoms with E-state index < -0.39 is 78.3 Å². The maximum atomic E-state index is 12.0. The molecule has 196 valence electrons. The van der Waals surface area contributed by atoms with E-state index in [0.29, 0.717) is 0 Å². The predicted octanol–water partition coefficient (Wildman–Crippen LogP) is -0.739. The Balaban J connectivity index is 3.62. The van der Waals surface area contributed by atoms with Crippen molar-refractivity contribution in [3.8, 4) is 0 Å². The first-order valence-electron chi connectivity index (χ1n) is 10.2. The van der Waals surface area contributed by atoms with Crippen LogP contribution >= 0.6 is 11.8 Å². The number of carbonyl (C=O) groups is 7. The van der Waals surface area contributed by atoms with Gasteiger partial charge in [-0.1, -0.05) is 0 Å². The first-order chi connectivity index (χ1) is 16.3. The molecule has 0 bridgehead atoms. The van der Waals surface area contributed by atoms with E-state index in [4.69, 9.17) is 23.7 Å². The Hall–Kier alpha value is -3.36. The van der Waals surface area contributed by atoms with Crippen LogP contribution in [-0.4, -0.2) is 100 Å². The normalized spacial score (nSPS) is 20.4. The number of hydrogen-bond acceptors (Lipinski definition) is 13. The number of thioether (sulfide) groups is 1. The second kappa shape index (κ2) is 13.5. The molecule has 0 unspecified atom stereocenters. The van der Waals surface area contributed by atoms with Crippen LogP contribution in [-0.2, 0) is 57.2 Å². The number of rotatable bonds is 12. The van der Waals surface area contributed by atoms with Crippen molar-refractivity contribution in [2.75, 3.05) is 12.4 Å². The molecule has 35 heavy (non-hydrogen) atoms. The molecule has 15 heteroatoms. The summed E-state index contributed by atoms with van der Waals surface area (Å²) >= 11 is 0.909. The summed E-state index contributed by atoms with van der Waals surface area (Å²) in [4.78, 5) is 83.2. The largest absolute Gasteiger partial charge is 0.480 e. The second-order valence-electron chi connectivity index (χ2n) is 7.30. The minimum atomic E-state index is -1.72. The van der Waals surface area contributed by atoms with Crippen LogP contribution in [0.2, 0.25) is 0 Å². The molecule has 1 heterocycles. The number of amides is 1. The van der Waals surface area contributed by atoms with Gasteiger partial charge in [0.25, 0.3) is 0 Å². The molecular formula is C20H27NO13S. The molecule has 0 saturated carbocycles. The van der Waals surface area contributed by atoms with Gasteiger partial charge in [0.05, 0.1) is 0 Å². The Bertz CT molecular complexity index is 847. The first kappa shape index (κ1) is 29.7. The van der Waals surface area contributed by atoms with Gasteiger partial charge in [-0.15, -0.1) is 11.8 Å². The van der Waals surface area contributed by atoms with Gasteiger partial charge in [0, 0.05) is 40.4 Å². The molecule has 0 aromatic carbocycles. The average molecular weight is 521 g/mol. The van der Waals surface area contributed by atoms with Gasteiger partial charge < -0.3 is 33.7 Å². The van der Waals surface area contributed by atoms with Gasteiger partial charge in [0.1, 0.15) is 18.0 Å². The van der Waals surface area contributed by atoms with Crippen LogP contribution in [0.3, 0.4) is 0 Å². The highest BCUT2D eigenvalue weighted by atomic mass is 32.2. The fourth-order valence-corrected chi connectivity index (χ4v) is 4.75. The van der Waals surface area contributed by atoms with Crippen molar-refractivity contribution in [1.82, 2.24) is 4.90 Å². The van der Waals surface area contributed by atoms with E-state index in [1.807, 2.05) is 0 Å². The van der Waals surface area contributed by atoms with Gasteiger partial charge in [0.2, 0.25) is 6.41 Å². The first-order valence-corrected chi connectivity index (χ1v) is 11.2. The van der Waals surface area contributed by atoms with E-state index in [9.17, 15) is 38.7 Å². The van der Waals surface area contributed by atoms with Gasteiger partial charge in [-0.2, -0.15) is 0 Å². The Morgan fingerprint density at radius 2 is 1.37 bits per heavy atom. The van der Waals surface area contributed by atoms with Crippen LogP contribution in [0.15, 0.2) is 0 Å². The summed E-state index contributed by atoms with van der Waals surface area (Å²) in [6.07, 6.45) is -6.30. The summed E-state index contributed by atoms with van der Waals surface area (Å²) in [6.45, 7) is 4.46. The van der Waals surface area contributed by atoms with Gasteiger partial charge in [-0.3, -0.25) is 28.8 Å². The Morgan fingerprint density at radius 1 is 0.857 bits per heavy atom. The molecule has 0 aromatic heterocycles. The highest BCUT2D eigenvalue weighted by molar-refractivity contribution is 8.00. The van der Waals surface area contributed by atoms with Crippen molar-refractivity contribution < 1.29 is 62.4 Å². The molecule has 0 aromatic rings. The van der Waals surface area contributed by atoms with E-state index in [1.54, 1.807) is 0 Å². The second-order valence-corrected chi connectivity index (χ2v) is 8.45. The van der Waals surface area contributed by atoms with Gasteiger partial charge >= 0.3 is 35.8 Å². The maximum Gasteiger partial charge on any atom is 0.327 e. The third-order valence-corrected chi connectivity index (χ3v) is 5.82. The lowest BCUT2D eigenvalue weighted by molar-refractivity contribution is -0.205. The van der Waals surface area contributed by atoms with Crippen LogP contribution in [0, 0.1) is 0 Å². The lowest BCUT2D eigenvalue weighted by Crippen LogP contribution is -2.58. The molecule has 1 amide bonds. The van der Waals surface area contributed by atoms with Gasteiger partial charge in [-0.05, 0) is 0 Å². The van der Waals surface area contributed by atoms with E-state index in [0.717, 1.165) is 51.3 Å². The summed E-state index contributed by atoms with van der Waals surface area (Å²) in [5.74, 6) is -5.84. The minimum absolute atomic E-state index is 0.0949. The number of nitrogens with zero attached hydrogens (tertiary/aromatic N) is 1. The molecule has 0 radical (unpaired) electrons. The van der Waals surface area contributed by atoms with Crippen molar-refractivity contribution >= 4 is 54.0 Å². The zero-order chi connectivity index (χ0) is 26.9. The fourth-order valence-electron chi connectivity index (χ4n) is 3.28. The Kier molecular flexibility index (Phi) is 11.5. The zero-order valence-corrected chi connectivity index (χ0v) is 20.5. The predicted molar refractivity (Wildman–Crippen MR) is 114 cm³/mol. The number of aliphatic carboxylic acids is 1. The molecule has 14 nitrogen and oxygen atoms in total. The summed E-state index contributed by atoms with van der Waals surface area (Å²) in [6, 6.07) is -1.30. The Morgan fingerprint density at radius 3 is 1.80 bits per heavy atom. The van der Waals surface area contributed by atoms with Gasteiger partial charge in [0.15, 0.2) is 24.4 Å². The monoisotopic (exact) mass is 521 g/mol. The molecule has 1 fully saturated rings. The molecular weight excluding hydrogens is 494 g/mol. The summed E-state index contributed by atoms with van der Waals surface area (Å²) in [5.41, 5.74) is 0. The third-order valence-electron chi connectivity index (χ3n) is 4.45. The maximum absolute atomic E-state index is 12.0. The molecule has 1 N–H and O–H groups in total. The van der Waals surface area contributed by atoms with Crippen LogP contribution in [0.25, 0.3) is 0 Å². The molecule has 1 aliphatic heterocycles. The summed E-state index contributed by atoms with van der Waals surface area (Å²) in [5, 5.41) is 8.23. The van der Waals surface area contributed by atoms with E-state index in [-0.39, 0.29) is 12.2 Å². The molecule has 0 aliphatic carbocycles. The van der Waals surface area contributed by atoms with E-state index >= 15 is 0 Å². The smallest absolute Gasteiger partial charge is 0.327 e. The fraction of sp³-hybridized carbons (Fsp3) is 0.650. The molecule has 1 rings (SSSR count). The number of carboxylic acids is 1. The van der Waals surface area contributed by atoms with Crippen molar-refractivity contribution in [2.24, 2.45) is 0 Å². The van der Waals surface area contributed by atoms with Crippen molar-refractivity contribution in [1.29, 1.82) is 0 Å². The number of ether oxygens (including phenoxy) is 5. The highest BCUT2D eigenvalue weighted by Crippen LogP contribution is 2.35. The SMILES string of the molecule is CC(=O)OC[C@@H](OC(C)=O)[C@H](OC(C)=O)[C@H](OC(C)=O)[C@@H](OC(C)=O)[C@H]1SC[C@@H](C(=O)O)N1C=O. The Labute approximate surface area is 204 Å². The molecule has 6 atom stereocenters. The van der Waals surface area contributed by atoms with Crippen molar-refractivity contribution in [3.63, 3.8) is 0 Å². The number of carbonyl (C=O) groups excluding carboxylic acids is 6. The average Bonchev–Trinajstić information content (AvgIpc) is 3.15. The standard InChI is InChI=1S/C20H27NO13S/c1-9(23)30-6-15(31-10(2)24)16(32-11(3)25)17(33-12(4)26)18(34-13(5)27)19-21(8-22)14(7-35-19)20(28)29/h8,14-19H,6-7H2,1-5H3,(H,28,29)/t14-,15+,16-,17-,18+,19+/m0/s1. The quantitative estimate of drug-likeness (QED) is 0.192. The molecule has 0 spiro atoms. The van der Waals surface area contributed by atoms with Crippen LogP contribution in [0.1, 0.15) is 34.6 Å². The lowest BCUT2D eigenvalue weighted by Gasteiger charge is -2.38. The van der Waals surface area contributed by atoms with Crippen molar-refractivity contribution in [2.45, 2.75) is 70.5 Å². The minimum Gasteiger partial charge on any atom is -0.480 e. The summed E-state index contributed by atoms with van der Waals surface area (Å²) < 4.78 is 26.0. The molecule has 1 aliphatic rings. The van der Waals surface area contributed by atoms with Crippen LogP contribution in [0.4, 0.5) is 0 Å². The zero-order valence-electron chi connectivity index (χ0n) is 19.7. The van der Waals surface area contributed by atoms with Gasteiger partial charge in [-0.25, -0.2) is 4.79 Å². The van der Waals surface area contributed by atoms with Crippen LogP contribution < -0.4 is 0 Å². The topological polar surface area (TPSA) is 189 Å². The number of carboxylic acid groups (broad SMARTS) is 1. The lowest BCUT2D eigenvalue weighted by atomic mass is 10.0. The van der Waals surface area contributed by atoms with E-state index in [2.05, 4.69) is 0 Å². The number of hydrogen-bond donors (Lipinski definition) is 1. The highest BCUT2D eigenvalue weighted by Gasteiger charge is 2.52. The van der Waals surface area contributed by atoms with Crippen molar-refractivity contribution in [3.05, 3.63) is 0 Å². The molecule has 1 saturated heterocycles. The number of esters is 5.